The molecular formula is C6H10ClNO2. The Morgan fingerprint density at radius 1 is 1.70 bits per heavy atom. The Balaban J connectivity index is 4.09. The first-order chi connectivity index (χ1) is 4.59. The number of esters is 1. The van der Waals surface area contributed by atoms with E-state index < -0.39 is 5.97 Å². The molecule has 0 bridgehead atoms. The highest BCUT2D eigenvalue weighted by Gasteiger charge is 2.08. The third-order valence-electron chi connectivity index (χ3n) is 0.801. The van der Waals surface area contributed by atoms with Crippen LogP contribution in [0.25, 0.3) is 0 Å². The zero-order valence-corrected chi connectivity index (χ0v) is 6.73. The summed E-state index contributed by atoms with van der Waals surface area (Å²) in [5.74, 6) is -0.566. The van der Waals surface area contributed by atoms with E-state index in [0.29, 0.717) is 6.61 Å². The van der Waals surface area contributed by atoms with Crippen LogP contribution >= 0.6 is 11.6 Å². The van der Waals surface area contributed by atoms with Crippen LogP contribution in [0.3, 0.4) is 0 Å². The van der Waals surface area contributed by atoms with Gasteiger partial charge in [0.25, 0.3) is 0 Å². The van der Waals surface area contributed by atoms with Gasteiger partial charge in [-0.25, -0.2) is 4.79 Å². The second-order valence-electron chi connectivity index (χ2n) is 1.72. The maximum atomic E-state index is 10.7. The highest BCUT2D eigenvalue weighted by Crippen LogP contribution is 2.06. The largest absolute Gasteiger partial charge is 0.462 e. The molecule has 0 radical (unpaired) electrons. The van der Waals surface area contributed by atoms with Crippen LogP contribution in [-0.4, -0.2) is 12.6 Å². The van der Waals surface area contributed by atoms with Crippen LogP contribution in [0.1, 0.15) is 13.8 Å². The predicted molar refractivity (Wildman–Crippen MR) is 39.4 cm³/mol. The Bertz CT molecular complexity index is 161. The molecule has 0 aromatic heterocycles. The summed E-state index contributed by atoms with van der Waals surface area (Å²) in [4.78, 5) is 10.7. The van der Waals surface area contributed by atoms with Crippen LogP contribution in [0.5, 0.6) is 0 Å². The van der Waals surface area contributed by atoms with Gasteiger partial charge in [0.2, 0.25) is 0 Å². The molecular weight excluding hydrogens is 154 g/mol. The molecule has 58 valence electrons. The van der Waals surface area contributed by atoms with E-state index in [1.165, 1.54) is 0 Å². The topological polar surface area (TPSA) is 52.3 Å². The molecule has 0 rings (SSSR count). The normalized spacial score (nSPS) is 12.3. The maximum Gasteiger partial charge on any atom is 0.351 e. The van der Waals surface area contributed by atoms with Crippen molar-refractivity contribution in [3.8, 4) is 0 Å². The van der Waals surface area contributed by atoms with Crippen LogP contribution in [0.15, 0.2) is 10.7 Å². The number of carbonyl (C=O) groups excluding carboxylic acids is 1. The number of hydrogen-bond acceptors (Lipinski definition) is 3. The average molecular weight is 164 g/mol. The van der Waals surface area contributed by atoms with Crippen LogP contribution in [0, 0.1) is 0 Å². The molecule has 0 atom stereocenters. The van der Waals surface area contributed by atoms with Crippen molar-refractivity contribution in [2.75, 3.05) is 6.61 Å². The molecule has 0 amide bonds. The first-order valence-electron chi connectivity index (χ1n) is 2.88. The van der Waals surface area contributed by atoms with Crippen LogP contribution in [0.4, 0.5) is 0 Å². The lowest BCUT2D eigenvalue weighted by atomic mass is 10.4. The highest BCUT2D eigenvalue weighted by molar-refractivity contribution is 6.41. The fourth-order valence-corrected chi connectivity index (χ4v) is 0.410. The summed E-state index contributed by atoms with van der Waals surface area (Å²) in [7, 11) is 0. The van der Waals surface area contributed by atoms with Crippen LogP contribution in [-0.2, 0) is 9.53 Å². The summed E-state index contributed by atoms with van der Waals surface area (Å²) >= 11 is 5.43. The number of ether oxygens (including phenoxy) is 1. The molecule has 3 nitrogen and oxygen atoms in total. The van der Waals surface area contributed by atoms with Crippen molar-refractivity contribution in [2.24, 2.45) is 5.73 Å². The smallest absolute Gasteiger partial charge is 0.351 e. The number of nitrogens with two attached hydrogens (primary N) is 1. The number of carbonyl (C=O) groups is 1. The lowest BCUT2D eigenvalue weighted by Gasteiger charge is -1.99. The van der Waals surface area contributed by atoms with E-state index in [2.05, 4.69) is 4.74 Å². The predicted octanol–water partition coefficient (Wildman–Crippen LogP) is 0.979. The molecule has 0 saturated heterocycles. The molecule has 4 heteroatoms. The van der Waals surface area contributed by atoms with E-state index in [-0.39, 0.29) is 10.7 Å². The molecule has 0 fully saturated rings. The van der Waals surface area contributed by atoms with Gasteiger partial charge in [0, 0.05) is 5.70 Å². The molecule has 0 aromatic rings. The summed E-state index contributed by atoms with van der Waals surface area (Å²) in [6.07, 6.45) is 0. The Labute approximate surface area is 64.8 Å². The monoisotopic (exact) mass is 163 g/mol. The first kappa shape index (κ1) is 9.30. The van der Waals surface area contributed by atoms with Gasteiger partial charge in [-0.05, 0) is 13.8 Å². The lowest BCUT2D eigenvalue weighted by Crippen LogP contribution is -2.08. The molecule has 0 aliphatic heterocycles. The minimum atomic E-state index is -0.566. The summed E-state index contributed by atoms with van der Waals surface area (Å²) in [5, 5.41) is -0.0400. The van der Waals surface area contributed by atoms with Gasteiger partial charge in [-0.3, -0.25) is 0 Å². The van der Waals surface area contributed by atoms with Gasteiger partial charge in [0.15, 0.2) is 0 Å². The van der Waals surface area contributed by atoms with E-state index in [0.717, 1.165) is 0 Å². The minimum absolute atomic E-state index is 0.0400. The van der Waals surface area contributed by atoms with Gasteiger partial charge < -0.3 is 10.5 Å². The molecule has 0 heterocycles. The van der Waals surface area contributed by atoms with Crippen molar-refractivity contribution in [3.63, 3.8) is 0 Å². The third kappa shape index (κ3) is 2.73. The second-order valence-corrected chi connectivity index (χ2v) is 2.10. The van der Waals surface area contributed by atoms with Gasteiger partial charge in [-0.15, -0.1) is 0 Å². The number of hydrogen-bond donors (Lipinski definition) is 1. The number of allylic oxidation sites excluding steroid dienone is 1. The Morgan fingerprint density at radius 2 is 2.20 bits per heavy atom. The van der Waals surface area contributed by atoms with Gasteiger partial charge in [0.05, 0.1) is 6.61 Å². The quantitative estimate of drug-likeness (QED) is 0.488. The van der Waals surface area contributed by atoms with Crippen LogP contribution < -0.4 is 5.73 Å². The van der Waals surface area contributed by atoms with E-state index >= 15 is 0 Å². The zero-order chi connectivity index (χ0) is 8.15. The fourth-order valence-electron chi connectivity index (χ4n) is 0.355. The van der Waals surface area contributed by atoms with E-state index in [4.69, 9.17) is 17.3 Å². The molecule has 10 heavy (non-hydrogen) atoms. The van der Waals surface area contributed by atoms with E-state index in [9.17, 15) is 4.79 Å². The van der Waals surface area contributed by atoms with Crippen molar-refractivity contribution >= 4 is 17.6 Å². The Kier molecular flexibility index (Phi) is 3.88. The molecule has 0 aromatic carbocycles. The Morgan fingerprint density at radius 3 is 2.50 bits per heavy atom. The third-order valence-corrected chi connectivity index (χ3v) is 1.25. The molecule has 0 aliphatic rings. The molecule has 0 spiro atoms. The average Bonchev–Trinajstić information content (AvgIpc) is 1.87. The maximum absolute atomic E-state index is 10.7. The van der Waals surface area contributed by atoms with Crippen molar-refractivity contribution in [2.45, 2.75) is 13.8 Å². The standard InChI is InChI=1S/C6H10ClNO2/c1-3-10-6(9)5(7)4(2)8/h3,8H2,1-2H3. The number of rotatable bonds is 2. The molecule has 2 N–H and O–H groups in total. The van der Waals surface area contributed by atoms with Gasteiger partial charge in [-0.1, -0.05) is 11.6 Å². The summed E-state index contributed by atoms with van der Waals surface area (Å²) in [6.45, 7) is 3.55. The molecule has 0 unspecified atom stereocenters. The number of halogens is 1. The van der Waals surface area contributed by atoms with Gasteiger partial charge in [-0.2, -0.15) is 0 Å². The fraction of sp³-hybridized carbons (Fsp3) is 0.500. The molecule has 0 aliphatic carbocycles. The lowest BCUT2D eigenvalue weighted by molar-refractivity contribution is -0.137. The van der Waals surface area contributed by atoms with Crippen molar-refractivity contribution < 1.29 is 9.53 Å². The van der Waals surface area contributed by atoms with E-state index in [1.54, 1.807) is 13.8 Å². The first-order valence-corrected chi connectivity index (χ1v) is 3.26. The summed E-state index contributed by atoms with van der Waals surface area (Å²) in [5.41, 5.74) is 5.49. The summed E-state index contributed by atoms with van der Waals surface area (Å²) < 4.78 is 4.56. The highest BCUT2D eigenvalue weighted by atomic mass is 35.5. The summed E-state index contributed by atoms with van der Waals surface area (Å²) in [6, 6.07) is 0. The SMILES string of the molecule is CCOC(=O)C(Cl)=C(C)N. The van der Waals surface area contributed by atoms with E-state index in [1.807, 2.05) is 0 Å². The molecule has 0 saturated carbocycles. The van der Waals surface area contributed by atoms with Crippen molar-refractivity contribution in [1.29, 1.82) is 0 Å². The van der Waals surface area contributed by atoms with Gasteiger partial charge >= 0.3 is 5.97 Å². The van der Waals surface area contributed by atoms with Crippen molar-refractivity contribution in [3.05, 3.63) is 10.7 Å². The van der Waals surface area contributed by atoms with Gasteiger partial charge in [0.1, 0.15) is 5.03 Å². The zero-order valence-electron chi connectivity index (χ0n) is 5.98. The van der Waals surface area contributed by atoms with Crippen LogP contribution in [0.2, 0.25) is 0 Å². The Hall–Kier alpha value is -0.700. The second kappa shape index (κ2) is 4.17. The minimum Gasteiger partial charge on any atom is -0.462 e. The van der Waals surface area contributed by atoms with Crippen molar-refractivity contribution in [1.82, 2.24) is 0 Å².